The second-order valence-corrected chi connectivity index (χ2v) is 6.02. The van der Waals surface area contributed by atoms with Gasteiger partial charge in [0.25, 0.3) is 0 Å². The third kappa shape index (κ3) is 4.67. The maximum absolute atomic E-state index is 13.2. The Labute approximate surface area is 121 Å². The number of benzene rings is 1. The largest absolute Gasteiger partial charge is 0.328 e. The number of nitrogens with zero attached hydrogens (tertiary/aromatic N) is 1. The minimum absolute atomic E-state index is 0.118. The summed E-state index contributed by atoms with van der Waals surface area (Å²) in [5, 5.41) is 0. The third-order valence-electron chi connectivity index (χ3n) is 3.36. The van der Waals surface area contributed by atoms with Gasteiger partial charge in [0.05, 0.1) is 6.54 Å². The fraction of sp³-hybridized carbons (Fsp3) is 0.500. The molecule has 2 rings (SSSR count). The molecule has 0 bridgehead atoms. The summed E-state index contributed by atoms with van der Waals surface area (Å²) in [6, 6.07) is 4.85. The molecular formula is C14H18BrFN2O. The molecule has 3 nitrogen and oxygen atoms in total. The molecule has 0 aliphatic carbocycles. The van der Waals surface area contributed by atoms with Crippen LogP contribution in [0.1, 0.15) is 18.4 Å². The van der Waals surface area contributed by atoms with Gasteiger partial charge in [-0.1, -0.05) is 15.9 Å². The van der Waals surface area contributed by atoms with Gasteiger partial charge in [0, 0.05) is 30.0 Å². The lowest BCUT2D eigenvalue weighted by molar-refractivity contribution is -0.119. The molecule has 0 aromatic heterocycles. The molecule has 1 aliphatic rings. The lowest BCUT2D eigenvalue weighted by Gasteiger charge is -2.29. The lowest BCUT2D eigenvalue weighted by Crippen LogP contribution is -2.42. The van der Waals surface area contributed by atoms with Crippen LogP contribution in [-0.2, 0) is 11.2 Å². The third-order valence-corrected chi connectivity index (χ3v) is 3.81. The zero-order valence-electron chi connectivity index (χ0n) is 10.7. The number of Topliss-reactive ketones (excluding diaryl/α,β-unsaturated/α-hetero) is 1. The summed E-state index contributed by atoms with van der Waals surface area (Å²) in [5.74, 6) is -0.200. The highest BCUT2D eigenvalue weighted by molar-refractivity contribution is 9.10. The van der Waals surface area contributed by atoms with E-state index in [0.717, 1.165) is 25.9 Å². The summed E-state index contributed by atoms with van der Waals surface area (Å²) in [7, 11) is 0. The Bertz CT molecular complexity index is 439. The summed E-state index contributed by atoms with van der Waals surface area (Å²) < 4.78 is 13.9. The number of hydrogen-bond acceptors (Lipinski definition) is 3. The first-order valence-electron chi connectivity index (χ1n) is 6.47. The Kier molecular flexibility index (Phi) is 5.07. The summed E-state index contributed by atoms with van der Waals surface area (Å²) in [6.07, 6.45) is 2.16. The van der Waals surface area contributed by atoms with Crippen LogP contribution in [0.2, 0.25) is 0 Å². The number of ketones is 1. The van der Waals surface area contributed by atoms with Crippen molar-refractivity contribution in [3.8, 4) is 0 Å². The van der Waals surface area contributed by atoms with Crippen molar-refractivity contribution in [2.75, 3.05) is 19.6 Å². The monoisotopic (exact) mass is 328 g/mol. The van der Waals surface area contributed by atoms with E-state index in [2.05, 4.69) is 20.8 Å². The molecule has 0 saturated carbocycles. The Morgan fingerprint density at radius 1 is 1.37 bits per heavy atom. The van der Waals surface area contributed by atoms with Crippen LogP contribution in [0.15, 0.2) is 22.7 Å². The van der Waals surface area contributed by atoms with Gasteiger partial charge in [0.2, 0.25) is 0 Å². The summed E-state index contributed by atoms with van der Waals surface area (Å²) in [6.45, 7) is 2.18. The zero-order valence-corrected chi connectivity index (χ0v) is 12.3. The molecule has 0 atom stereocenters. The molecule has 1 aromatic carbocycles. The minimum Gasteiger partial charge on any atom is -0.328 e. The van der Waals surface area contributed by atoms with Gasteiger partial charge < -0.3 is 5.73 Å². The lowest BCUT2D eigenvalue weighted by atomic mass is 10.0. The Hall–Kier alpha value is -0.780. The van der Waals surface area contributed by atoms with Gasteiger partial charge in [-0.05, 0) is 36.6 Å². The Morgan fingerprint density at radius 2 is 2.05 bits per heavy atom. The molecule has 1 heterocycles. The molecular weight excluding hydrogens is 311 g/mol. The number of rotatable bonds is 4. The standard InChI is InChI=1S/C14H18BrFN2O/c15-11-5-10(6-12(16)8-11)7-14(19)9-18-3-1-13(17)2-4-18/h5-6,8,13H,1-4,7,9,17H2. The molecule has 0 spiro atoms. The highest BCUT2D eigenvalue weighted by Crippen LogP contribution is 2.16. The summed E-state index contributed by atoms with van der Waals surface area (Å²) >= 11 is 3.23. The summed E-state index contributed by atoms with van der Waals surface area (Å²) in [4.78, 5) is 14.1. The molecule has 1 fully saturated rings. The topological polar surface area (TPSA) is 46.3 Å². The van der Waals surface area contributed by atoms with Crippen LogP contribution in [-0.4, -0.2) is 36.4 Å². The Balaban J connectivity index is 1.87. The Morgan fingerprint density at radius 3 is 2.68 bits per heavy atom. The average Bonchev–Trinajstić information content (AvgIpc) is 2.30. The first-order chi connectivity index (χ1) is 9.02. The SMILES string of the molecule is NC1CCN(CC(=O)Cc2cc(F)cc(Br)c2)CC1. The highest BCUT2D eigenvalue weighted by atomic mass is 79.9. The predicted octanol–water partition coefficient (Wildman–Crippen LogP) is 2.12. The number of hydrogen-bond donors (Lipinski definition) is 1. The van der Waals surface area contributed by atoms with E-state index in [0.29, 0.717) is 16.6 Å². The van der Waals surface area contributed by atoms with E-state index < -0.39 is 0 Å². The molecule has 1 aromatic rings. The van der Waals surface area contributed by atoms with Gasteiger partial charge in [-0.3, -0.25) is 9.69 Å². The minimum atomic E-state index is -0.318. The van der Waals surface area contributed by atoms with Crippen LogP contribution in [0.3, 0.4) is 0 Å². The molecule has 104 valence electrons. The number of likely N-dealkylation sites (tertiary alicyclic amines) is 1. The van der Waals surface area contributed by atoms with Gasteiger partial charge in [-0.15, -0.1) is 0 Å². The van der Waals surface area contributed by atoms with Gasteiger partial charge in [-0.25, -0.2) is 4.39 Å². The first kappa shape index (κ1) is 14.6. The van der Waals surface area contributed by atoms with E-state index in [4.69, 9.17) is 5.73 Å². The molecule has 19 heavy (non-hydrogen) atoms. The molecule has 0 amide bonds. The van der Waals surface area contributed by atoms with Crippen molar-refractivity contribution in [1.82, 2.24) is 4.90 Å². The maximum atomic E-state index is 13.2. The van der Waals surface area contributed by atoms with Gasteiger partial charge >= 0.3 is 0 Å². The van der Waals surface area contributed by atoms with E-state index in [9.17, 15) is 9.18 Å². The quantitative estimate of drug-likeness (QED) is 0.920. The number of carbonyl (C=O) groups is 1. The van der Waals surface area contributed by atoms with Crippen molar-refractivity contribution < 1.29 is 9.18 Å². The maximum Gasteiger partial charge on any atom is 0.151 e. The number of halogens is 2. The van der Waals surface area contributed by atoms with Crippen LogP contribution in [0, 0.1) is 5.82 Å². The van der Waals surface area contributed by atoms with Crippen molar-refractivity contribution in [2.24, 2.45) is 5.73 Å². The first-order valence-corrected chi connectivity index (χ1v) is 7.27. The van der Waals surface area contributed by atoms with E-state index >= 15 is 0 Å². The average molecular weight is 329 g/mol. The molecule has 1 aliphatic heterocycles. The van der Waals surface area contributed by atoms with Crippen LogP contribution < -0.4 is 5.73 Å². The molecule has 0 radical (unpaired) electrons. The van der Waals surface area contributed by atoms with Crippen LogP contribution >= 0.6 is 15.9 Å². The van der Waals surface area contributed by atoms with E-state index in [1.807, 2.05) is 0 Å². The zero-order chi connectivity index (χ0) is 13.8. The van der Waals surface area contributed by atoms with Crippen molar-refractivity contribution in [3.05, 3.63) is 34.1 Å². The highest BCUT2D eigenvalue weighted by Gasteiger charge is 2.18. The van der Waals surface area contributed by atoms with E-state index in [1.165, 1.54) is 12.1 Å². The fourth-order valence-corrected chi connectivity index (χ4v) is 2.87. The van der Waals surface area contributed by atoms with Crippen molar-refractivity contribution in [1.29, 1.82) is 0 Å². The summed E-state index contributed by atoms with van der Waals surface area (Å²) in [5.41, 5.74) is 6.54. The number of piperidine rings is 1. The molecule has 1 saturated heterocycles. The normalized spacial score (nSPS) is 17.6. The van der Waals surface area contributed by atoms with Crippen molar-refractivity contribution in [3.63, 3.8) is 0 Å². The number of carbonyl (C=O) groups excluding carboxylic acids is 1. The van der Waals surface area contributed by atoms with E-state index in [1.54, 1.807) is 6.07 Å². The molecule has 2 N–H and O–H groups in total. The predicted molar refractivity (Wildman–Crippen MR) is 76.5 cm³/mol. The fourth-order valence-electron chi connectivity index (χ4n) is 2.36. The molecule has 5 heteroatoms. The second kappa shape index (κ2) is 6.59. The van der Waals surface area contributed by atoms with Gasteiger partial charge in [0.15, 0.2) is 5.78 Å². The smallest absolute Gasteiger partial charge is 0.151 e. The van der Waals surface area contributed by atoms with Crippen LogP contribution in [0.5, 0.6) is 0 Å². The van der Waals surface area contributed by atoms with Crippen LogP contribution in [0.25, 0.3) is 0 Å². The van der Waals surface area contributed by atoms with E-state index in [-0.39, 0.29) is 24.1 Å². The molecule has 0 unspecified atom stereocenters. The second-order valence-electron chi connectivity index (χ2n) is 5.11. The van der Waals surface area contributed by atoms with Gasteiger partial charge in [-0.2, -0.15) is 0 Å². The number of nitrogens with two attached hydrogens (primary N) is 1. The van der Waals surface area contributed by atoms with Crippen molar-refractivity contribution in [2.45, 2.75) is 25.3 Å². The van der Waals surface area contributed by atoms with Gasteiger partial charge in [0.1, 0.15) is 5.82 Å². The van der Waals surface area contributed by atoms with Crippen LogP contribution in [0.4, 0.5) is 4.39 Å². The van der Waals surface area contributed by atoms with Crippen molar-refractivity contribution >= 4 is 21.7 Å².